The van der Waals surface area contributed by atoms with Crippen molar-refractivity contribution in [2.45, 2.75) is 6.10 Å². The van der Waals surface area contributed by atoms with Crippen molar-refractivity contribution in [2.24, 2.45) is 5.73 Å². The third-order valence-electron chi connectivity index (χ3n) is 2.08. The van der Waals surface area contributed by atoms with E-state index in [4.69, 9.17) is 33.7 Å². The number of phenolic OH excluding ortho intramolecular Hbond substituents is 1. The van der Waals surface area contributed by atoms with Crippen molar-refractivity contribution >= 4 is 47.2 Å². The Morgan fingerprint density at radius 1 is 1.50 bits per heavy atom. The molecule has 4 N–H and O–H groups in total. The Hall–Kier alpha value is -0.720. The molecule has 0 heterocycles. The number of halogens is 3. The molecule has 0 saturated carbocycles. The van der Waals surface area contributed by atoms with Crippen LogP contribution in [-0.2, 0) is 9.53 Å². The molecule has 1 atom stereocenters. The Morgan fingerprint density at radius 2 is 2.00 bits per heavy atom. The molecule has 0 aliphatic carbocycles. The highest BCUT2D eigenvalue weighted by Crippen LogP contribution is 2.34. The second-order valence-corrected chi connectivity index (χ2v) is 4.05. The normalized spacial score (nSPS) is 11.6. The summed E-state index contributed by atoms with van der Waals surface area (Å²) in [6.07, 6.45) is -0.749. The topological polar surface area (TPSA) is 84.6 Å². The van der Waals surface area contributed by atoms with Crippen LogP contribution in [0.3, 0.4) is 0 Å². The summed E-state index contributed by atoms with van der Waals surface area (Å²) in [5.41, 5.74) is 5.70. The van der Waals surface area contributed by atoms with E-state index in [1.165, 1.54) is 19.2 Å². The molecule has 5 nitrogen and oxygen atoms in total. The Bertz CT molecular complexity index is 402. The van der Waals surface area contributed by atoms with Gasteiger partial charge in [0.1, 0.15) is 6.10 Å². The number of hydrogen-bond donors (Lipinski definition) is 3. The number of aromatic hydroxyl groups is 1. The summed E-state index contributed by atoms with van der Waals surface area (Å²) < 4.78 is 4.87. The second kappa shape index (κ2) is 7.66. The standard InChI is InChI=1S/C10H12Cl2N2O3.ClH/c1-17-8(4-13)10(16)14-5-2-6(11)9(15)7(12)3-5;/h2-3,8,15H,4,13H2,1H3,(H,14,16);1H. The molecular weight excluding hydrogens is 302 g/mol. The summed E-state index contributed by atoms with van der Waals surface area (Å²) in [5.74, 6) is -0.638. The molecule has 0 aliphatic rings. The minimum absolute atomic E-state index is 0. The summed E-state index contributed by atoms with van der Waals surface area (Å²) in [6, 6.07) is 2.76. The van der Waals surface area contributed by atoms with Gasteiger partial charge in [0.2, 0.25) is 0 Å². The van der Waals surface area contributed by atoms with Crippen molar-refractivity contribution in [2.75, 3.05) is 19.0 Å². The molecule has 1 aromatic rings. The number of nitrogens with two attached hydrogens (primary N) is 1. The molecule has 0 fully saturated rings. The number of phenols is 1. The first kappa shape index (κ1) is 17.3. The third kappa shape index (κ3) is 4.19. The van der Waals surface area contributed by atoms with E-state index in [0.29, 0.717) is 5.69 Å². The van der Waals surface area contributed by atoms with Gasteiger partial charge in [0, 0.05) is 19.3 Å². The van der Waals surface area contributed by atoms with Gasteiger partial charge in [-0.25, -0.2) is 0 Å². The van der Waals surface area contributed by atoms with Crippen LogP contribution in [0.5, 0.6) is 5.75 Å². The number of carbonyl (C=O) groups excluding carboxylic acids is 1. The maximum atomic E-state index is 11.6. The van der Waals surface area contributed by atoms with Crippen LogP contribution in [0.15, 0.2) is 12.1 Å². The van der Waals surface area contributed by atoms with Crippen molar-refractivity contribution < 1.29 is 14.6 Å². The smallest absolute Gasteiger partial charge is 0.254 e. The summed E-state index contributed by atoms with van der Waals surface area (Å²) in [4.78, 5) is 11.6. The molecule has 1 aromatic carbocycles. The third-order valence-corrected chi connectivity index (χ3v) is 2.65. The van der Waals surface area contributed by atoms with E-state index in [0.717, 1.165) is 0 Å². The van der Waals surface area contributed by atoms with Crippen molar-refractivity contribution in [3.63, 3.8) is 0 Å². The zero-order valence-corrected chi connectivity index (χ0v) is 11.8. The monoisotopic (exact) mass is 314 g/mol. The molecule has 0 radical (unpaired) electrons. The molecule has 8 heteroatoms. The van der Waals surface area contributed by atoms with Gasteiger partial charge in [-0.2, -0.15) is 0 Å². The van der Waals surface area contributed by atoms with Crippen molar-refractivity contribution in [1.29, 1.82) is 0 Å². The highest BCUT2D eigenvalue weighted by atomic mass is 35.5. The number of amides is 1. The minimum Gasteiger partial charge on any atom is -0.505 e. The molecule has 0 aliphatic heterocycles. The number of ether oxygens (including phenoxy) is 1. The first-order chi connectivity index (χ1) is 7.99. The largest absolute Gasteiger partial charge is 0.505 e. The fraction of sp³-hybridized carbons (Fsp3) is 0.300. The molecular formula is C10H13Cl3N2O3. The predicted octanol–water partition coefficient (Wildman–Crippen LogP) is 2.03. The van der Waals surface area contributed by atoms with Crippen LogP contribution >= 0.6 is 35.6 Å². The fourth-order valence-electron chi connectivity index (χ4n) is 1.17. The first-order valence-corrected chi connectivity index (χ1v) is 5.47. The molecule has 0 spiro atoms. The molecule has 1 rings (SSSR count). The summed E-state index contributed by atoms with van der Waals surface area (Å²) in [6.45, 7) is 0.0574. The zero-order valence-electron chi connectivity index (χ0n) is 9.44. The average Bonchev–Trinajstić information content (AvgIpc) is 2.27. The van der Waals surface area contributed by atoms with E-state index >= 15 is 0 Å². The average molecular weight is 316 g/mol. The van der Waals surface area contributed by atoms with Gasteiger partial charge < -0.3 is 20.9 Å². The number of hydrogen-bond acceptors (Lipinski definition) is 4. The lowest BCUT2D eigenvalue weighted by Crippen LogP contribution is -2.35. The molecule has 1 unspecified atom stereocenters. The minimum atomic E-state index is -0.749. The highest BCUT2D eigenvalue weighted by molar-refractivity contribution is 6.37. The maximum Gasteiger partial charge on any atom is 0.254 e. The molecule has 102 valence electrons. The Morgan fingerprint density at radius 3 is 2.39 bits per heavy atom. The van der Waals surface area contributed by atoms with E-state index in [1.807, 2.05) is 0 Å². The van der Waals surface area contributed by atoms with Crippen LogP contribution < -0.4 is 11.1 Å². The van der Waals surface area contributed by atoms with Gasteiger partial charge in [-0.05, 0) is 12.1 Å². The van der Waals surface area contributed by atoms with Crippen molar-refractivity contribution in [3.05, 3.63) is 22.2 Å². The van der Waals surface area contributed by atoms with Crippen LogP contribution in [0.1, 0.15) is 0 Å². The number of nitrogens with one attached hydrogen (secondary N) is 1. The Balaban J connectivity index is 0.00000289. The zero-order chi connectivity index (χ0) is 13.0. The molecule has 0 aromatic heterocycles. The van der Waals surface area contributed by atoms with Gasteiger partial charge in [-0.1, -0.05) is 23.2 Å². The molecule has 1 amide bonds. The maximum absolute atomic E-state index is 11.6. The summed E-state index contributed by atoms with van der Waals surface area (Å²) in [5, 5.41) is 12.0. The Labute approximate surface area is 121 Å². The SMILES string of the molecule is COC(CN)C(=O)Nc1cc(Cl)c(O)c(Cl)c1.Cl. The van der Waals surface area contributed by atoms with Gasteiger partial charge in [0.15, 0.2) is 5.75 Å². The van der Waals surface area contributed by atoms with Gasteiger partial charge >= 0.3 is 0 Å². The summed E-state index contributed by atoms with van der Waals surface area (Å²) in [7, 11) is 1.38. The van der Waals surface area contributed by atoms with Crippen LogP contribution in [0.4, 0.5) is 5.69 Å². The number of rotatable bonds is 4. The van der Waals surface area contributed by atoms with Crippen LogP contribution in [0, 0.1) is 0 Å². The van der Waals surface area contributed by atoms with E-state index < -0.39 is 12.0 Å². The molecule has 0 bridgehead atoms. The lowest BCUT2D eigenvalue weighted by atomic mass is 10.2. The van der Waals surface area contributed by atoms with E-state index in [2.05, 4.69) is 5.32 Å². The molecule has 18 heavy (non-hydrogen) atoms. The summed E-state index contributed by atoms with van der Waals surface area (Å²) >= 11 is 11.4. The second-order valence-electron chi connectivity index (χ2n) is 3.24. The lowest BCUT2D eigenvalue weighted by molar-refractivity contribution is -0.125. The molecule has 0 saturated heterocycles. The Kier molecular flexibility index (Phi) is 7.35. The van der Waals surface area contributed by atoms with Crippen LogP contribution in [0.25, 0.3) is 0 Å². The van der Waals surface area contributed by atoms with E-state index in [9.17, 15) is 9.90 Å². The van der Waals surface area contributed by atoms with Crippen molar-refractivity contribution in [1.82, 2.24) is 0 Å². The number of carbonyl (C=O) groups is 1. The van der Waals surface area contributed by atoms with Gasteiger partial charge in [-0.3, -0.25) is 4.79 Å². The quantitative estimate of drug-likeness (QED) is 0.742. The van der Waals surface area contributed by atoms with Crippen LogP contribution in [-0.4, -0.2) is 30.8 Å². The lowest BCUT2D eigenvalue weighted by Gasteiger charge is -2.13. The van der Waals surface area contributed by atoms with E-state index in [1.54, 1.807) is 0 Å². The van der Waals surface area contributed by atoms with Gasteiger partial charge in [0.05, 0.1) is 10.0 Å². The fourth-order valence-corrected chi connectivity index (χ4v) is 1.66. The van der Waals surface area contributed by atoms with Gasteiger partial charge in [-0.15, -0.1) is 12.4 Å². The van der Waals surface area contributed by atoms with Gasteiger partial charge in [0.25, 0.3) is 5.91 Å². The first-order valence-electron chi connectivity index (χ1n) is 4.71. The number of methoxy groups -OCH3 is 1. The van der Waals surface area contributed by atoms with E-state index in [-0.39, 0.29) is 34.7 Å². The predicted molar refractivity (Wildman–Crippen MR) is 73.9 cm³/mol. The van der Waals surface area contributed by atoms with Crippen LogP contribution in [0.2, 0.25) is 10.0 Å². The number of anilines is 1. The highest BCUT2D eigenvalue weighted by Gasteiger charge is 2.16. The number of benzene rings is 1. The van der Waals surface area contributed by atoms with Crippen molar-refractivity contribution in [3.8, 4) is 5.75 Å².